The number of nitrogens with zero attached hydrogens (tertiary/aromatic N) is 1. The van der Waals surface area contributed by atoms with Crippen molar-refractivity contribution in [1.82, 2.24) is 9.62 Å². The first-order chi connectivity index (χ1) is 12.7. The van der Waals surface area contributed by atoms with E-state index < -0.39 is 10.0 Å². The van der Waals surface area contributed by atoms with Crippen LogP contribution >= 0.6 is 0 Å². The fourth-order valence-electron chi connectivity index (χ4n) is 2.30. The second-order valence-corrected chi connectivity index (χ2v) is 7.91. The molecule has 2 amide bonds. The van der Waals surface area contributed by atoms with Crippen LogP contribution in [0, 0.1) is 0 Å². The highest BCUT2D eigenvalue weighted by molar-refractivity contribution is 7.89. The molecule has 0 aliphatic carbocycles. The van der Waals surface area contributed by atoms with Gasteiger partial charge in [0, 0.05) is 31.9 Å². The first kappa shape index (κ1) is 20.6. The van der Waals surface area contributed by atoms with Crippen molar-refractivity contribution in [2.24, 2.45) is 0 Å². The van der Waals surface area contributed by atoms with E-state index in [1.54, 1.807) is 45.3 Å². The Bertz CT molecular complexity index is 905. The molecular formula is C19H23N3O4S. The zero-order valence-electron chi connectivity index (χ0n) is 15.5. The second kappa shape index (κ2) is 8.79. The van der Waals surface area contributed by atoms with Crippen molar-refractivity contribution < 1.29 is 18.0 Å². The van der Waals surface area contributed by atoms with Gasteiger partial charge in [0.1, 0.15) is 0 Å². The molecular weight excluding hydrogens is 366 g/mol. The molecule has 0 spiro atoms. The largest absolute Gasteiger partial charge is 0.349 e. The van der Waals surface area contributed by atoms with Gasteiger partial charge in [-0.2, -0.15) is 0 Å². The SMILES string of the molecule is CCNS(=O)(=O)c1ccc(C(=O)Nc2ccc(CC(=O)N(C)C)cc2)cc1. The number of benzene rings is 2. The number of amides is 2. The zero-order chi connectivity index (χ0) is 20.0. The molecule has 8 heteroatoms. The molecule has 2 N–H and O–H groups in total. The Morgan fingerprint density at radius 3 is 2.07 bits per heavy atom. The standard InChI is InChI=1S/C19H23N3O4S/c1-4-20-27(25,26)17-11-7-15(8-12-17)19(24)21-16-9-5-14(6-10-16)13-18(23)22(2)3/h5-12,20H,4,13H2,1-3H3,(H,21,24). The molecule has 0 unspecified atom stereocenters. The van der Waals surface area contributed by atoms with Gasteiger partial charge in [-0.1, -0.05) is 19.1 Å². The van der Waals surface area contributed by atoms with Crippen molar-refractivity contribution in [1.29, 1.82) is 0 Å². The number of anilines is 1. The van der Waals surface area contributed by atoms with Crippen LogP contribution in [0.3, 0.4) is 0 Å². The van der Waals surface area contributed by atoms with Crippen molar-refractivity contribution in [3.63, 3.8) is 0 Å². The topological polar surface area (TPSA) is 95.6 Å². The number of likely N-dealkylation sites (N-methyl/N-ethyl adjacent to an activating group) is 1. The molecule has 0 heterocycles. The van der Waals surface area contributed by atoms with Gasteiger partial charge < -0.3 is 10.2 Å². The third kappa shape index (κ3) is 5.63. The average Bonchev–Trinajstić information content (AvgIpc) is 2.63. The first-order valence-electron chi connectivity index (χ1n) is 8.43. The van der Waals surface area contributed by atoms with Gasteiger partial charge in [-0.05, 0) is 42.0 Å². The van der Waals surface area contributed by atoms with Gasteiger partial charge >= 0.3 is 0 Å². The molecule has 2 aromatic carbocycles. The predicted octanol–water partition coefficient (Wildman–Crippen LogP) is 1.87. The van der Waals surface area contributed by atoms with E-state index in [2.05, 4.69) is 10.0 Å². The van der Waals surface area contributed by atoms with Gasteiger partial charge in [0.25, 0.3) is 5.91 Å². The molecule has 0 aliphatic heterocycles. The molecule has 0 radical (unpaired) electrons. The van der Waals surface area contributed by atoms with E-state index in [0.29, 0.717) is 24.2 Å². The van der Waals surface area contributed by atoms with Crippen LogP contribution in [0.1, 0.15) is 22.8 Å². The lowest BCUT2D eigenvalue weighted by Crippen LogP contribution is -2.23. The Morgan fingerprint density at radius 2 is 1.56 bits per heavy atom. The van der Waals surface area contributed by atoms with Gasteiger partial charge in [-0.3, -0.25) is 9.59 Å². The molecule has 0 fully saturated rings. The summed E-state index contributed by atoms with van der Waals surface area (Å²) in [6.45, 7) is 1.99. The maximum absolute atomic E-state index is 12.3. The number of nitrogens with one attached hydrogen (secondary N) is 2. The fraction of sp³-hybridized carbons (Fsp3) is 0.263. The summed E-state index contributed by atoms with van der Waals surface area (Å²) in [6, 6.07) is 12.7. The van der Waals surface area contributed by atoms with E-state index in [1.165, 1.54) is 29.2 Å². The number of hydrogen-bond donors (Lipinski definition) is 2. The third-order valence-electron chi connectivity index (χ3n) is 3.83. The van der Waals surface area contributed by atoms with Crippen molar-refractivity contribution in [2.75, 3.05) is 26.0 Å². The van der Waals surface area contributed by atoms with Crippen LogP contribution in [0.2, 0.25) is 0 Å². The van der Waals surface area contributed by atoms with Crippen LogP contribution in [0.15, 0.2) is 53.4 Å². The molecule has 0 bridgehead atoms. The summed E-state index contributed by atoms with van der Waals surface area (Å²) in [7, 11) is -0.145. The summed E-state index contributed by atoms with van der Waals surface area (Å²) in [5, 5.41) is 2.75. The van der Waals surface area contributed by atoms with Gasteiger partial charge in [-0.25, -0.2) is 13.1 Å². The van der Waals surface area contributed by atoms with Crippen molar-refractivity contribution in [3.05, 3.63) is 59.7 Å². The lowest BCUT2D eigenvalue weighted by molar-refractivity contribution is -0.127. The molecule has 0 saturated carbocycles. The number of rotatable bonds is 7. The summed E-state index contributed by atoms with van der Waals surface area (Å²) in [5.74, 6) is -0.348. The normalized spacial score (nSPS) is 11.1. The van der Waals surface area contributed by atoms with Gasteiger partial charge in [0.15, 0.2) is 0 Å². The van der Waals surface area contributed by atoms with Crippen LogP contribution < -0.4 is 10.0 Å². The fourth-order valence-corrected chi connectivity index (χ4v) is 3.34. The molecule has 27 heavy (non-hydrogen) atoms. The first-order valence-corrected chi connectivity index (χ1v) is 9.91. The number of hydrogen-bond acceptors (Lipinski definition) is 4. The third-order valence-corrected chi connectivity index (χ3v) is 5.39. The molecule has 7 nitrogen and oxygen atoms in total. The molecule has 144 valence electrons. The van der Waals surface area contributed by atoms with Gasteiger partial charge in [0.2, 0.25) is 15.9 Å². The van der Waals surface area contributed by atoms with Crippen LogP contribution in [-0.2, 0) is 21.2 Å². The number of carbonyl (C=O) groups is 2. The quantitative estimate of drug-likeness (QED) is 0.756. The summed E-state index contributed by atoms with van der Waals surface area (Å²) < 4.78 is 26.2. The highest BCUT2D eigenvalue weighted by Crippen LogP contribution is 2.14. The maximum atomic E-state index is 12.3. The summed E-state index contributed by atoms with van der Waals surface area (Å²) in [6.07, 6.45) is 0.295. The molecule has 2 aromatic rings. The Kier molecular flexibility index (Phi) is 6.70. The smallest absolute Gasteiger partial charge is 0.255 e. The highest BCUT2D eigenvalue weighted by Gasteiger charge is 2.14. The Labute approximate surface area is 159 Å². The Hall–Kier alpha value is -2.71. The van der Waals surface area contributed by atoms with Crippen LogP contribution in [0.4, 0.5) is 5.69 Å². The highest BCUT2D eigenvalue weighted by atomic mass is 32.2. The van der Waals surface area contributed by atoms with E-state index in [4.69, 9.17) is 0 Å². The van der Waals surface area contributed by atoms with Crippen molar-refractivity contribution in [3.8, 4) is 0 Å². The minimum absolute atomic E-state index is 0.000564. The molecule has 0 aliphatic rings. The molecule has 0 saturated heterocycles. The van der Waals surface area contributed by atoms with E-state index in [0.717, 1.165) is 5.56 Å². The Morgan fingerprint density at radius 1 is 0.963 bits per heavy atom. The number of carbonyl (C=O) groups excluding carboxylic acids is 2. The molecule has 0 aromatic heterocycles. The van der Waals surface area contributed by atoms with E-state index in [-0.39, 0.29) is 16.7 Å². The average molecular weight is 389 g/mol. The predicted molar refractivity (Wildman–Crippen MR) is 104 cm³/mol. The van der Waals surface area contributed by atoms with Crippen molar-refractivity contribution >= 4 is 27.5 Å². The van der Waals surface area contributed by atoms with Crippen LogP contribution in [0.5, 0.6) is 0 Å². The van der Waals surface area contributed by atoms with Gasteiger partial charge in [-0.15, -0.1) is 0 Å². The summed E-state index contributed by atoms with van der Waals surface area (Å²) in [4.78, 5) is 25.7. The van der Waals surface area contributed by atoms with E-state index in [9.17, 15) is 18.0 Å². The van der Waals surface area contributed by atoms with E-state index in [1.807, 2.05) is 0 Å². The monoisotopic (exact) mass is 389 g/mol. The molecule has 2 rings (SSSR count). The molecule has 0 atom stereocenters. The zero-order valence-corrected chi connectivity index (χ0v) is 16.3. The van der Waals surface area contributed by atoms with E-state index >= 15 is 0 Å². The van der Waals surface area contributed by atoms with Gasteiger partial charge in [0.05, 0.1) is 11.3 Å². The minimum atomic E-state index is -3.55. The minimum Gasteiger partial charge on any atom is -0.349 e. The van der Waals surface area contributed by atoms with Crippen molar-refractivity contribution in [2.45, 2.75) is 18.2 Å². The Balaban J connectivity index is 2.03. The second-order valence-electron chi connectivity index (χ2n) is 6.14. The summed E-state index contributed by atoms with van der Waals surface area (Å²) in [5.41, 5.74) is 1.78. The lowest BCUT2D eigenvalue weighted by atomic mass is 10.1. The lowest BCUT2D eigenvalue weighted by Gasteiger charge is -2.11. The number of sulfonamides is 1. The van der Waals surface area contributed by atoms with Crippen LogP contribution in [-0.4, -0.2) is 45.8 Å². The summed E-state index contributed by atoms with van der Waals surface area (Å²) >= 11 is 0. The van der Waals surface area contributed by atoms with Crippen LogP contribution in [0.25, 0.3) is 0 Å². The maximum Gasteiger partial charge on any atom is 0.255 e.